The summed E-state index contributed by atoms with van der Waals surface area (Å²) < 4.78 is 7.49. The zero-order chi connectivity index (χ0) is 12.6. The lowest BCUT2D eigenvalue weighted by molar-refractivity contribution is 0.110. The van der Waals surface area contributed by atoms with Crippen LogP contribution in [0.5, 0.6) is 0 Å². The van der Waals surface area contributed by atoms with Crippen molar-refractivity contribution in [3.8, 4) is 11.3 Å². The molecule has 4 heteroatoms. The van der Waals surface area contributed by atoms with Crippen molar-refractivity contribution in [3.63, 3.8) is 0 Å². The fraction of sp³-hybridized carbons (Fsp3) is 0.154. The van der Waals surface area contributed by atoms with E-state index in [9.17, 15) is 4.79 Å². The lowest BCUT2D eigenvalue weighted by Crippen LogP contribution is -1.88. The van der Waals surface area contributed by atoms with Crippen molar-refractivity contribution in [2.45, 2.75) is 13.8 Å². The molecule has 0 amide bonds. The Bertz CT molecular complexity index is 585. The largest absolute Gasteiger partial charge is 0.453 e. The van der Waals surface area contributed by atoms with Crippen molar-refractivity contribution in [3.05, 3.63) is 44.0 Å². The van der Waals surface area contributed by atoms with E-state index in [-0.39, 0.29) is 0 Å². The maximum absolute atomic E-state index is 10.6. The van der Waals surface area contributed by atoms with Gasteiger partial charge in [-0.2, -0.15) is 0 Å². The lowest BCUT2D eigenvalue weighted by Gasteiger charge is -2.10. The molecule has 0 fully saturated rings. The number of aryl methyl sites for hydroxylation is 1. The number of hydrogen-bond acceptors (Lipinski definition) is 2. The van der Waals surface area contributed by atoms with E-state index in [1.807, 2.05) is 19.9 Å². The molecule has 2 nitrogen and oxygen atoms in total. The predicted octanol–water partition coefficient (Wildman–Crippen LogP) is 4.90. The highest BCUT2D eigenvalue weighted by molar-refractivity contribution is 9.11. The zero-order valence-corrected chi connectivity index (χ0v) is 12.6. The fourth-order valence-electron chi connectivity index (χ4n) is 1.68. The Morgan fingerprint density at radius 3 is 2.47 bits per heavy atom. The third kappa shape index (κ3) is 2.24. The molecule has 0 saturated carbocycles. The second-order valence-electron chi connectivity index (χ2n) is 3.81. The van der Waals surface area contributed by atoms with Crippen molar-refractivity contribution >= 4 is 38.1 Å². The van der Waals surface area contributed by atoms with Gasteiger partial charge >= 0.3 is 0 Å². The van der Waals surface area contributed by atoms with E-state index in [1.54, 1.807) is 12.1 Å². The molecule has 0 aliphatic heterocycles. The first-order valence-electron chi connectivity index (χ1n) is 5.05. The highest BCUT2D eigenvalue weighted by Gasteiger charge is 2.13. The van der Waals surface area contributed by atoms with Gasteiger partial charge in [0.05, 0.1) is 0 Å². The maximum atomic E-state index is 10.6. The topological polar surface area (TPSA) is 30.2 Å². The average molecular weight is 358 g/mol. The molecule has 0 radical (unpaired) electrons. The van der Waals surface area contributed by atoms with Crippen LogP contribution in [-0.4, -0.2) is 6.29 Å². The van der Waals surface area contributed by atoms with Gasteiger partial charge in [0.2, 0.25) is 0 Å². The second-order valence-corrected chi connectivity index (χ2v) is 5.40. The first-order valence-corrected chi connectivity index (χ1v) is 6.63. The molecule has 1 heterocycles. The molecule has 1 aromatic carbocycles. The number of rotatable bonds is 2. The summed E-state index contributed by atoms with van der Waals surface area (Å²) in [7, 11) is 0. The summed E-state index contributed by atoms with van der Waals surface area (Å²) >= 11 is 7.09. The van der Waals surface area contributed by atoms with Crippen molar-refractivity contribution in [2.75, 3.05) is 0 Å². The minimum Gasteiger partial charge on any atom is -0.453 e. The number of hydrogen-bond donors (Lipinski definition) is 0. The van der Waals surface area contributed by atoms with Crippen LogP contribution < -0.4 is 0 Å². The van der Waals surface area contributed by atoms with Gasteiger partial charge in [-0.05, 0) is 59.1 Å². The average Bonchev–Trinajstić information content (AvgIpc) is 2.79. The van der Waals surface area contributed by atoms with Crippen LogP contribution >= 0.6 is 31.9 Å². The molecule has 2 aromatic rings. The van der Waals surface area contributed by atoms with Crippen LogP contribution in [0.15, 0.2) is 31.6 Å². The third-order valence-corrected chi connectivity index (χ3v) is 4.85. The summed E-state index contributed by atoms with van der Waals surface area (Å²) in [5.74, 6) is 1.03. The van der Waals surface area contributed by atoms with E-state index < -0.39 is 0 Å². The highest BCUT2D eigenvalue weighted by atomic mass is 79.9. The van der Waals surface area contributed by atoms with Gasteiger partial charge in [0.25, 0.3) is 0 Å². The molecule has 0 bridgehead atoms. The van der Waals surface area contributed by atoms with Crippen molar-refractivity contribution < 1.29 is 9.21 Å². The highest BCUT2D eigenvalue weighted by Crippen LogP contribution is 2.37. The maximum Gasteiger partial charge on any atom is 0.185 e. The molecule has 0 aliphatic carbocycles. The number of benzene rings is 1. The molecule has 17 heavy (non-hydrogen) atoms. The van der Waals surface area contributed by atoms with E-state index in [0.29, 0.717) is 17.8 Å². The Labute approximate surface area is 116 Å². The van der Waals surface area contributed by atoms with Gasteiger partial charge in [0.1, 0.15) is 5.76 Å². The van der Waals surface area contributed by atoms with Crippen LogP contribution in [0.25, 0.3) is 11.3 Å². The monoisotopic (exact) mass is 356 g/mol. The zero-order valence-electron chi connectivity index (χ0n) is 9.38. The molecule has 0 spiro atoms. The summed E-state index contributed by atoms with van der Waals surface area (Å²) in [4.78, 5) is 10.6. The van der Waals surface area contributed by atoms with E-state index >= 15 is 0 Å². The van der Waals surface area contributed by atoms with Crippen LogP contribution in [0.3, 0.4) is 0 Å². The van der Waals surface area contributed by atoms with Crippen LogP contribution in [-0.2, 0) is 0 Å². The fourth-order valence-corrected chi connectivity index (χ4v) is 2.76. The van der Waals surface area contributed by atoms with Gasteiger partial charge < -0.3 is 4.42 Å². The van der Waals surface area contributed by atoms with Crippen LogP contribution in [0.1, 0.15) is 21.7 Å². The molecular formula is C13H10Br2O2. The SMILES string of the molecule is Cc1cc(-c2ccc(C=O)o2)c(Br)c(C)c1Br. The summed E-state index contributed by atoms with van der Waals surface area (Å²) in [6.07, 6.45) is 0.704. The van der Waals surface area contributed by atoms with Crippen LogP contribution in [0, 0.1) is 13.8 Å². The quantitative estimate of drug-likeness (QED) is 0.715. The number of carbonyl (C=O) groups is 1. The van der Waals surface area contributed by atoms with Crippen molar-refractivity contribution in [1.82, 2.24) is 0 Å². The molecule has 0 aliphatic rings. The number of aldehydes is 1. The third-order valence-electron chi connectivity index (χ3n) is 2.61. The normalized spacial score (nSPS) is 10.6. The van der Waals surface area contributed by atoms with Crippen molar-refractivity contribution in [2.24, 2.45) is 0 Å². The molecule has 0 atom stereocenters. The van der Waals surface area contributed by atoms with E-state index in [2.05, 4.69) is 31.9 Å². The minimum absolute atomic E-state index is 0.338. The van der Waals surface area contributed by atoms with Crippen molar-refractivity contribution in [1.29, 1.82) is 0 Å². The lowest BCUT2D eigenvalue weighted by atomic mass is 10.1. The first kappa shape index (κ1) is 12.6. The van der Waals surface area contributed by atoms with E-state index in [1.165, 1.54) is 0 Å². The summed E-state index contributed by atoms with van der Waals surface area (Å²) in [6, 6.07) is 5.49. The van der Waals surface area contributed by atoms with Gasteiger partial charge in [-0.3, -0.25) is 4.79 Å². The summed E-state index contributed by atoms with van der Waals surface area (Å²) in [6.45, 7) is 4.05. The van der Waals surface area contributed by atoms with E-state index in [4.69, 9.17) is 4.42 Å². The molecule has 88 valence electrons. The predicted molar refractivity (Wildman–Crippen MR) is 74.4 cm³/mol. The standard InChI is InChI=1S/C13H10Br2O2/c1-7-5-10(13(15)8(2)12(7)14)11-4-3-9(6-16)17-11/h3-6H,1-2H3. The Hall–Kier alpha value is -0.870. The molecule has 0 N–H and O–H groups in total. The molecular weight excluding hydrogens is 348 g/mol. The van der Waals surface area contributed by atoms with Gasteiger partial charge in [0, 0.05) is 14.5 Å². The number of carbonyl (C=O) groups excluding carboxylic acids is 1. The summed E-state index contributed by atoms with van der Waals surface area (Å²) in [5.41, 5.74) is 3.20. The Morgan fingerprint density at radius 2 is 1.88 bits per heavy atom. The first-order chi connectivity index (χ1) is 8.04. The van der Waals surface area contributed by atoms with Gasteiger partial charge in [-0.1, -0.05) is 15.9 Å². The van der Waals surface area contributed by atoms with E-state index in [0.717, 1.165) is 25.6 Å². The number of furan rings is 1. The van der Waals surface area contributed by atoms with Gasteiger partial charge in [-0.15, -0.1) is 0 Å². The van der Waals surface area contributed by atoms with Gasteiger partial charge in [0.15, 0.2) is 12.0 Å². The Balaban J connectivity index is 2.63. The Kier molecular flexibility index (Phi) is 3.54. The Morgan fingerprint density at radius 1 is 1.18 bits per heavy atom. The number of halogens is 2. The molecule has 2 rings (SSSR count). The smallest absolute Gasteiger partial charge is 0.185 e. The minimum atomic E-state index is 0.338. The molecule has 0 unspecified atom stereocenters. The van der Waals surface area contributed by atoms with Crippen LogP contribution in [0.2, 0.25) is 0 Å². The van der Waals surface area contributed by atoms with Crippen LogP contribution in [0.4, 0.5) is 0 Å². The molecule has 1 aromatic heterocycles. The molecule has 0 saturated heterocycles. The van der Waals surface area contributed by atoms with Gasteiger partial charge in [-0.25, -0.2) is 0 Å². The second kappa shape index (κ2) is 4.78. The summed E-state index contributed by atoms with van der Waals surface area (Å²) in [5, 5.41) is 0.